The first-order valence-corrected chi connectivity index (χ1v) is 11.9. The van der Waals surface area contributed by atoms with Crippen molar-refractivity contribution in [2.75, 3.05) is 0 Å². The second kappa shape index (κ2) is 7.67. The average Bonchev–Trinajstić information content (AvgIpc) is 3.44. The first kappa shape index (κ1) is 20.0. The van der Waals surface area contributed by atoms with E-state index in [-0.39, 0.29) is 30.2 Å². The molecule has 3 aromatic rings. The number of hydrogen-bond donors (Lipinski definition) is 5. The fourth-order valence-corrected chi connectivity index (χ4v) is 5.45. The number of para-hydroxylation sites is 2. The van der Waals surface area contributed by atoms with Gasteiger partial charge in [-0.1, -0.05) is 36.4 Å². The Bertz CT molecular complexity index is 1110. The van der Waals surface area contributed by atoms with E-state index in [1.165, 1.54) is 0 Å². The maximum atomic E-state index is 12.5. The Morgan fingerprint density at radius 1 is 1.16 bits per heavy atom. The second-order valence-corrected chi connectivity index (χ2v) is 10.2. The van der Waals surface area contributed by atoms with Gasteiger partial charge in [0.1, 0.15) is 11.1 Å². The number of nitrogens with zero attached hydrogens (tertiary/aromatic N) is 1. The van der Waals surface area contributed by atoms with Crippen molar-refractivity contribution in [1.82, 2.24) is 20.0 Å². The van der Waals surface area contributed by atoms with Crippen LogP contribution in [0.5, 0.6) is 0 Å². The molecule has 2 atom stereocenters. The van der Waals surface area contributed by atoms with Gasteiger partial charge in [-0.3, -0.25) is 23.4 Å². The quantitative estimate of drug-likeness (QED) is 0.400. The summed E-state index contributed by atoms with van der Waals surface area (Å²) in [6.45, 7) is 0. The molecular weight excluding hydrogens is 416 g/mol. The van der Waals surface area contributed by atoms with Crippen LogP contribution in [0.1, 0.15) is 47.5 Å². The summed E-state index contributed by atoms with van der Waals surface area (Å²) in [5.41, 5.74) is 3.44. The van der Waals surface area contributed by atoms with E-state index in [2.05, 4.69) is 20.0 Å². The van der Waals surface area contributed by atoms with E-state index >= 15 is 0 Å². The summed E-state index contributed by atoms with van der Waals surface area (Å²) in [4.78, 5) is 32.1. The van der Waals surface area contributed by atoms with Crippen LogP contribution >= 0.6 is 10.8 Å². The number of carbonyl (C=O) groups is 2. The molecule has 1 aliphatic heterocycles. The molecule has 2 fully saturated rings. The first-order valence-electron chi connectivity index (χ1n) is 10.3. The van der Waals surface area contributed by atoms with Crippen LogP contribution in [0.4, 0.5) is 0 Å². The summed E-state index contributed by atoms with van der Waals surface area (Å²) >= 11 is 0. The highest BCUT2D eigenvalue weighted by Crippen LogP contribution is 2.56. The van der Waals surface area contributed by atoms with Crippen molar-refractivity contribution in [3.8, 4) is 0 Å². The normalized spacial score (nSPS) is 22.1. The minimum atomic E-state index is -3.17. The molecule has 1 saturated carbocycles. The second-order valence-electron chi connectivity index (χ2n) is 8.23. The van der Waals surface area contributed by atoms with E-state index in [0.717, 1.165) is 29.4 Å². The summed E-state index contributed by atoms with van der Waals surface area (Å²) in [6, 6.07) is 14.9. The average molecular weight is 441 g/mol. The topological polar surface area (TPSA) is 127 Å². The van der Waals surface area contributed by atoms with Crippen LogP contribution in [0, 0.1) is 5.92 Å². The summed E-state index contributed by atoms with van der Waals surface area (Å²) in [7, 11) is -3.17. The lowest BCUT2D eigenvalue weighted by Gasteiger charge is -2.32. The standard InChI is InChI=1S/C22H24N4O4S/c27-20-12-19(31(29,30)26-20)14-7-5-13(6-8-14)11-18(25-22(28)15-9-10-15)21-23-16-3-1-2-4-17(16)24-21/h1-8,15,18-19,29-30H,9-12H2,(H,23,24)(H,25,28)(H,26,27)/t18-,19?/m0/s1. The fraction of sp³-hybridized carbons (Fsp3) is 0.318. The van der Waals surface area contributed by atoms with Crippen LogP contribution in [0.25, 0.3) is 11.0 Å². The molecule has 9 heteroatoms. The van der Waals surface area contributed by atoms with Crippen LogP contribution in [0.2, 0.25) is 0 Å². The van der Waals surface area contributed by atoms with Crippen LogP contribution in [0.3, 0.4) is 0 Å². The first-order chi connectivity index (χ1) is 14.9. The molecule has 8 nitrogen and oxygen atoms in total. The number of nitrogens with one attached hydrogen (secondary N) is 3. The van der Waals surface area contributed by atoms with Crippen molar-refractivity contribution < 1.29 is 18.7 Å². The van der Waals surface area contributed by atoms with E-state index in [1.54, 1.807) is 0 Å². The maximum Gasteiger partial charge on any atom is 0.240 e. The number of H-pyrrole nitrogens is 1. The molecule has 2 aromatic carbocycles. The predicted octanol–water partition coefficient (Wildman–Crippen LogP) is 3.60. The highest BCUT2D eigenvalue weighted by atomic mass is 32.3. The number of amides is 2. The largest absolute Gasteiger partial charge is 0.346 e. The molecule has 1 saturated heterocycles. The van der Waals surface area contributed by atoms with Gasteiger partial charge >= 0.3 is 0 Å². The Balaban J connectivity index is 1.38. The van der Waals surface area contributed by atoms with E-state index < -0.39 is 16.0 Å². The Kier molecular flexibility index (Phi) is 4.96. The van der Waals surface area contributed by atoms with Crippen molar-refractivity contribution in [3.63, 3.8) is 0 Å². The van der Waals surface area contributed by atoms with Gasteiger partial charge in [-0.2, -0.15) is 0 Å². The number of hydrogen-bond acceptors (Lipinski definition) is 5. The van der Waals surface area contributed by atoms with Gasteiger partial charge in [-0.05, 0) is 42.5 Å². The molecule has 0 bridgehead atoms. The van der Waals surface area contributed by atoms with Gasteiger partial charge in [0.05, 0.1) is 23.5 Å². The van der Waals surface area contributed by atoms with Gasteiger partial charge < -0.3 is 10.3 Å². The molecule has 0 spiro atoms. The maximum absolute atomic E-state index is 12.5. The van der Waals surface area contributed by atoms with Crippen LogP contribution < -0.4 is 10.0 Å². The zero-order valence-corrected chi connectivity index (χ0v) is 17.6. The number of carbonyl (C=O) groups excluding carboxylic acids is 2. The molecule has 31 heavy (non-hydrogen) atoms. The van der Waals surface area contributed by atoms with Gasteiger partial charge in [-0.25, -0.2) is 4.98 Å². The zero-order valence-electron chi connectivity index (χ0n) is 16.7. The monoisotopic (exact) mass is 440 g/mol. The zero-order chi connectivity index (χ0) is 21.6. The minimum Gasteiger partial charge on any atom is -0.346 e. The van der Waals surface area contributed by atoms with E-state index in [1.807, 2.05) is 48.5 Å². The van der Waals surface area contributed by atoms with Crippen molar-refractivity contribution in [1.29, 1.82) is 0 Å². The molecule has 162 valence electrons. The summed E-state index contributed by atoms with van der Waals surface area (Å²) in [5, 5.41) is 2.49. The summed E-state index contributed by atoms with van der Waals surface area (Å²) < 4.78 is 22.5. The lowest BCUT2D eigenvalue weighted by atomic mass is 10.0. The minimum absolute atomic E-state index is 0.0477. The number of aromatic nitrogens is 2. The van der Waals surface area contributed by atoms with Crippen LogP contribution in [0.15, 0.2) is 48.5 Å². The lowest BCUT2D eigenvalue weighted by Crippen LogP contribution is -2.31. The number of fused-ring (bicyclic) bond motifs is 1. The smallest absolute Gasteiger partial charge is 0.240 e. The van der Waals surface area contributed by atoms with Crippen LogP contribution in [-0.2, 0) is 16.0 Å². The van der Waals surface area contributed by atoms with E-state index in [4.69, 9.17) is 0 Å². The SMILES string of the molecule is O=C1CC(c2ccc(C[C@H](NC(=O)C3CC3)c3nc4ccccc4[nH]3)cc2)S(O)(O)N1. The van der Waals surface area contributed by atoms with Crippen molar-refractivity contribution in [2.24, 2.45) is 5.92 Å². The Labute approximate surface area is 180 Å². The summed E-state index contributed by atoms with van der Waals surface area (Å²) in [6.07, 6.45) is 2.44. The van der Waals surface area contributed by atoms with Gasteiger partial charge in [0, 0.05) is 5.92 Å². The summed E-state index contributed by atoms with van der Waals surface area (Å²) in [5.74, 6) is 0.485. The molecule has 2 heterocycles. The molecular formula is C22H24N4O4S. The van der Waals surface area contributed by atoms with Gasteiger partial charge in [0.2, 0.25) is 11.8 Å². The molecule has 2 amide bonds. The fourth-order valence-electron chi connectivity index (χ4n) is 3.97. The van der Waals surface area contributed by atoms with Gasteiger partial charge in [0.25, 0.3) is 0 Å². The number of imidazole rings is 1. The van der Waals surface area contributed by atoms with Crippen molar-refractivity contribution in [2.45, 2.75) is 37.0 Å². The molecule has 1 aliphatic carbocycles. The van der Waals surface area contributed by atoms with Crippen molar-refractivity contribution >= 4 is 33.6 Å². The third-order valence-corrected chi connectivity index (χ3v) is 7.59. The van der Waals surface area contributed by atoms with E-state index in [9.17, 15) is 18.7 Å². The number of rotatable bonds is 6. The third-order valence-electron chi connectivity index (χ3n) is 5.83. The number of benzene rings is 2. The van der Waals surface area contributed by atoms with Gasteiger partial charge in [-0.15, -0.1) is 10.8 Å². The van der Waals surface area contributed by atoms with Gasteiger partial charge in [0.15, 0.2) is 0 Å². The molecule has 1 unspecified atom stereocenters. The highest BCUT2D eigenvalue weighted by Gasteiger charge is 2.38. The Hall–Kier alpha value is -2.88. The number of aromatic amines is 1. The van der Waals surface area contributed by atoms with Crippen molar-refractivity contribution in [3.05, 3.63) is 65.5 Å². The highest BCUT2D eigenvalue weighted by molar-refractivity contribution is 8.23. The molecule has 5 N–H and O–H groups in total. The van der Waals surface area contributed by atoms with Crippen LogP contribution in [-0.4, -0.2) is 30.9 Å². The third kappa shape index (κ3) is 4.16. The predicted molar refractivity (Wildman–Crippen MR) is 118 cm³/mol. The molecule has 2 aliphatic rings. The Morgan fingerprint density at radius 3 is 2.55 bits per heavy atom. The van der Waals surface area contributed by atoms with E-state index in [0.29, 0.717) is 17.8 Å². The lowest BCUT2D eigenvalue weighted by molar-refractivity contribution is -0.123. The Morgan fingerprint density at radius 2 is 1.90 bits per heavy atom. The molecule has 0 radical (unpaired) electrons. The molecule has 5 rings (SSSR count). The molecule has 1 aromatic heterocycles.